The van der Waals surface area contributed by atoms with E-state index >= 15 is 0 Å². The summed E-state index contributed by atoms with van der Waals surface area (Å²) in [4.78, 5) is 14.4. The molecule has 1 atom stereocenters. The Morgan fingerprint density at radius 3 is 2.30 bits per heavy atom. The molecule has 2 N–H and O–H groups in total. The smallest absolute Gasteiger partial charge is 0.232 e. The normalized spacial score (nSPS) is 18.9. The molecule has 1 fully saturated rings. The molecular weight excluding hydrogens is 392 g/mol. The molecule has 1 aromatic heterocycles. The molecule has 2 aromatic rings. The van der Waals surface area contributed by atoms with Crippen LogP contribution in [0.25, 0.3) is 0 Å². The van der Waals surface area contributed by atoms with E-state index < -0.39 is 0 Å². The van der Waals surface area contributed by atoms with Gasteiger partial charge in [-0.3, -0.25) is 0 Å². The highest BCUT2D eigenvalue weighted by Crippen LogP contribution is 2.31. The van der Waals surface area contributed by atoms with Crippen molar-refractivity contribution in [2.75, 3.05) is 28.2 Å². The molecule has 0 radical (unpaired) electrons. The lowest BCUT2D eigenvalue weighted by atomic mass is 10.0. The zero-order valence-corrected chi connectivity index (χ0v) is 19.2. The summed E-state index contributed by atoms with van der Waals surface area (Å²) < 4.78 is 0. The fourth-order valence-electron chi connectivity index (χ4n) is 4.17. The van der Waals surface area contributed by atoms with E-state index in [2.05, 4.69) is 78.5 Å². The van der Waals surface area contributed by atoms with Crippen LogP contribution >= 0.6 is 12.2 Å². The van der Waals surface area contributed by atoms with Crippen LogP contribution in [0.3, 0.4) is 0 Å². The SMILES string of the molecule is C[C@H]1CCCN(c2cc(N3Cc4ccccc4C3)nc(NC(=S)NC(C)(C)C)n2)C1. The van der Waals surface area contributed by atoms with Crippen LogP contribution in [0.1, 0.15) is 51.7 Å². The molecule has 1 aromatic carbocycles. The molecule has 160 valence electrons. The first-order valence-electron chi connectivity index (χ1n) is 10.8. The van der Waals surface area contributed by atoms with Crippen LogP contribution in [-0.4, -0.2) is 33.7 Å². The van der Waals surface area contributed by atoms with Gasteiger partial charge in [-0.15, -0.1) is 0 Å². The van der Waals surface area contributed by atoms with E-state index in [-0.39, 0.29) is 5.54 Å². The molecule has 0 aliphatic carbocycles. The van der Waals surface area contributed by atoms with Crippen molar-refractivity contribution in [1.29, 1.82) is 0 Å². The van der Waals surface area contributed by atoms with Crippen LogP contribution in [-0.2, 0) is 13.1 Å². The van der Waals surface area contributed by atoms with Gasteiger partial charge in [0.1, 0.15) is 11.6 Å². The summed E-state index contributed by atoms with van der Waals surface area (Å²) in [6, 6.07) is 10.7. The fourth-order valence-corrected chi connectivity index (χ4v) is 4.57. The van der Waals surface area contributed by atoms with Gasteiger partial charge < -0.3 is 20.4 Å². The third-order valence-electron chi connectivity index (χ3n) is 5.56. The average molecular weight is 425 g/mol. The molecule has 3 heterocycles. The second-order valence-corrected chi connectivity index (χ2v) is 9.96. The number of anilines is 3. The number of nitrogens with zero attached hydrogens (tertiary/aromatic N) is 4. The van der Waals surface area contributed by atoms with Crippen molar-refractivity contribution in [3.63, 3.8) is 0 Å². The Labute approximate surface area is 185 Å². The molecule has 30 heavy (non-hydrogen) atoms. The van der Waals surface area contributed by atoms with Gasteiger partial charge in [0, 0.05) is 37.8 Å². The minimum Gasteiger partial charge on any atom is -0.358 e. The molecule has 2 aliphatic heterocycles. The van der Waals surface area contributed by atoms with Gasteiger partial charge in [-0.05, 0) is 62.9 Å². The van der Waals surface area contributed by atoms with Crippen LogP contribution in [0.15, 0.2) is 30.3 Å². The molecule has 0 spiro atoms. The van der Waals surface area contributed by atoms with Crippen LogP contribution < -0.4 is 20.4 Å². The summed E-state index contributed by atoms with van der Waals surface area (Å²) in [5, 5.41) is 7.05. The quantitative estimate of drug-likeness (QED) is 0.712. The largest absolute Gasteiger partial charge is 0.358 e. The zero-order chi connectivity index (χ0) is 21.3. The Morgan fingerprint density at radius 1 is 1.07 bits per heavy atom. The summed E-state index contributed by atoms with van der Waals surface area (Å²) in [5.74, 6) is 3.14. The van der Waals surface area contributed by atoms with Gasteiger partial charge in [0.05, 0.1) is 0 Å². The maximum Gasteiger partial charge on any atom is 0.232 e. The van der Waals surface area contributed by atoms with Gasteiger partial charge in [0.2, 0.25) is 5.95 Å². The van der Waals surface area contributed by atoms with Crippen molar-refractivity contribution in [1.82, 2.24) is 15.3 Å². The van der Waals surface area contributed by atoms with Crippen molar-refractivity contribution in [3.05, 3.63) is 41.5 Å². The van der Waals surface area contributed by atoms with E-state index in [1.807, 2.05) is 0 Å². The van der Waals surface area contributed by atoms with E-state index in [1.54, 1.807) is 0 Å². The summed E-state index contributed by atoms with van der Waals surface area (Å²) in [6.45, 7) is 12.4. The lowest BCUT2D eigenvalue weighted by Crippen LogP contribution is -2.43. The Balaban J connectivity index is 1.62. The lowest BCUT2D eigenvalue weighted by Gasteiger charge is -2.32. The third-order valence-corrected chi connectivity index (χ3v) is 5.76. The highest BCUT2D eigenvalue weighted by Gasteiger charge is 2.24. The van der Waals surface area contributed by atoms with Gasteiger partial charge in [-0.1, -0.05) is 31.2 Å². The van der Waals surface area contributed by atoms with Gasteiger partial charge in [0.15, 0.2) is 5.11 Å². The van der Waals surface area contributed by atoms with Crippen molar-refractivity contribution in [2.45, 2.75) is 59.2 Å². The number of piperidine rings is 1. The molecule has 2 aliphatic rings. The van der Waals surface area contributed by atoms with Crippen molar-refractivity contribution < 1.29 is 0 Å². The van der Waals surface area contributed by atoms with Gasteiger partial charge in [-0.25, -0.2) is 0 Å². The van der Waals surface area contributed by atoms with Gasteiger partial charge >= 0.3 is 0 Å². The number of fused-ring (bicyclic) bond motifs is 1. The molecule has 0 amide bonds. The maximum atomic E-state index is 5.51. The number of thiocarbonyl (C=S) groups is 1. The Morgan fingerprint density at radius 2 is 1.70 bits per heavy atom. The molecule has 0 unspecified atom stereocenters. The number of nitrogens with one attached hydrogen (secondary N) is 2. The monoisotopic (exact) mass is 424 g/mol. The summed E-state index contributed by atoms with van der Waals surface area (Å²) in [5.41, 5.74) is 2.61. The molecule has 7 heteroatoms. The van der Waals surface area contributed by atoms with Crippen molar-refractivity contribution in [3.8, 4) is 0 Å². The zero-order valence-electron chi connectivity index (χ0n) is 18.4. The third kappa shape index (κ3) is 5.01. The van der Waals surface area contributed by atoms with E-state index in [4.69, 9.17) is 22.2 Å². The minimum absolute atomic E-state index is 0.122. The molecular formula is C23H32N6S. The van der Waals surface area contributed by atoms with E-state index in [0.717, 1.165) is 37.8 Å². The van der Waals surface area contributed by atoms with Crippen molar-refractivity contribution >= 4 is 34.9 Å². The van der Waals surface area contributed by atoms with E-state index in [0.29, 0.717) is 17.0 Å². The standard InChI is InChI=1S/C23H32N6S/c1-16-8-7-11-28(13-16)19-12-20(29-14-17-9-5-6-10-18(17)15-29)25-21(24-19)26-22(30)27-23(2,3)4/h5-6,9-10,12,16H,7-8,11,13-15H2,1-4H3,(H2,24,25,26,27,30)/t16-/m0/s1. The molecule has 6 nitrogen and oxygen atoms in total. The fraction of sp³-hybridized carbons (Fsp3) is 0.522. The minimum atomic E-state index is -0.122. The highest BCUT2D eigenvalue weighted by molar-refractivity contribution is 7.80. The second-order valence-electron chi connectivity index (χ2n) is 9.56. The van der Waals surface area contributed by atoms with E-state index in [1.165, 1.54) is 24.0 Å². The van der Waals surface area contributed by atoms with Crippen LogP contribution in [0.2, 0.25) is 0 Å². The average Bonchev–Trinajstić information content (AvgIpc) is 3.10. The summed E-state index contributed by atoms with van der Waals surface area (Å²) in [6.07, 6.45) is 2.48. The van der Waals surface area contributed by atoms with Gasteiger partial charge in [-0.2, -0.15) is 9.97 Å². The molecule has 1 saturated heterocycles. The maximum absolute atomic E-state index is 5.51. The number of hydrogen-bond acceptors (Lipinski definition) is 5. The Kier molecular flexibility index (Phi) is 5.82. The molecule has 4 rings (SSSR count). The van der Waals surface area contributed by atoms with E-state index in [9.17, 15) is 0 Å². The van der Waals surface area contributed by atoms with Crippen LogP contribution in [0.5, 0.6) is 0 Å². The molecule has 0 bridgehead atoms. The van der Waals surface area contributed by atoms with Gasteiger partial charge in [0.25, 0.3) is 0 Å². The summed E-state index contributed by atoms with van der Waals surface area (Å²) >= 11 is 5.51. The predicted molar refractivity (Wildman–Crippen MR) is 128 cm³/mol. The van der Waals surface area contributed by atoms with Crippen LogP contribution in [0, 0.1) is 5.92 Å². The number of rotatable bonds is 3. The first-order chi connectivity index (χ1) is 14.3. The van der Waals surface area contributed by atoms with Crippen molar-refractivity contribution in [2.24, 2.45) is 5.92 Å². The topological polar surface area (TPSA) is 56.3 Å². The van der Waals surface area contributed by atoms with Crippen LogP contribution in [0.4, 0.5) is 17.6 Å². The number of benzene rings is 1. The summed E-state index contributed by atoms with van der Waals surface area (Å²) in [7, 11) is 0. The number of aromatic nitrogens is 2. The second kappa shape index (κ2) is 8.38. The Bertz CT molecular complexity index is 897. The number of hydrogen-bond donors (Lipinski definition) is 2. The predicted octanol–water partition coefficient (Wildman–Crippen LogP) is 4.32. The molecule has 0 saturated carbocycles. The highest BCUT2D eigenvalue weighted by atomic mass is 32.1. The Hall–Kier alpha value is -2.41. The first kappa shape index (κ1) is 20.8. The first-order valence-corrected chi connectivity index (χ1v) is 11.2. The lowest BCUT2D eigenvalue weighted by molar-refractivity contribution is 0.444.